The highest BCUT2D eigenvalue weighted by atomic mass is 32.2. The van der Waals surface area contributed by atoms with E-state index in [0.29, 0.717) is 12.1 Å². The Bertz CT molecular complexity index is 1410. The molecule has 2 atom stereocenters. The van der Waals surface area contributed by atoms with E-state index in [4.69, 9.17) is 0 Å². The van der Waals surface area contributed by atoms with Crippen molar-refractivity contribution in [1.82, 2.24) is 4.72 Å². The van der Waals surface area contributed by atoms with Crippen molar-refractivity contribution in [2.45, 2.75) is 128 Å². The van der Waals surface area contributed by atoms with Crippen LogP contribution in [0.25, 0.3) is 0 Å². The molecule has 0 saturated heterocycles. The number of carboxylic acid groups (broad SMARTS) is 2. The molecular formula is C36H53N3O8S. The van der Waals surface area contributed by atoms with Gasteiger partial charge in [-0.1, -0.05) is 103 Å². The summed E-state index contributed by atoms with van der Waals surface area (Å²) < 4.78 is 28.4. The van der Waals surface area contributed by atoms with Crippen molar-refractivity contribution >= 4 is 45.2 Å². The summed E-state index contributed by atoms with van der Waals surface area (Å²) in [5.74, 6) is -5.24. The van der Waals surface area contributed by atoms with E-state index in [1.807, 2.05) is 0 Å². The van der Waals surface area contributed by atoms with Crippen LogP contribution in [-0.4, -0.2) is 48.4 Å². The van der Waals surface area contributed by atoms with E-state index >= 15 is 0 Å². The molecule has 2 rings (SSSR count). The van der Waals surface area contributed by atoms with E-state index in [9.17, 15) is 37.8 Å². The Hall–Kier alpha value is -3.77. The first-order valence-electron chi connectivity index (χ1n) is 17.2. The number of aliphatic carboxylic acids is 1. The summed E-state index contributed by atoms with van der Waals surface area (Å²) in [4.78, 5) is 48.1. The lowest BCUT2D eigenvalue weighted by molar-refractivity contribution is -0.143. The topological polar surface area (TPSA) is 179 Å². The van der Waals surface area contributed by atoms with Crippen molar-refractivity contribution in [2.75, 3.05) is 10.6 Å². The average molecular weight is 688 g/mol. The molecule has 0 aliphatic heterocycles. The zero-order chi connectivity index (χ0) is 35.4. The van der Waals surface area contributed by atoms with E-state index in [0.717, 1.165) is 19.3 Å². The number of rotatable bonds is 25. The van der Waals surface area contributed by atoms with E-state index < -0.39 is 39.8 Å². The molecule has 0 aliphatic carbocycles. The molecule has 1 unspecified atom stereocenters. The van der Waals surface area contributed by atoms with Gasteiger partial charge in [-0.15, -0.1) is 0 Å². The first kappa shape index (κ1) is 40.4. The number of unbranched alkanes of at least 4 members (excludes halogenated alkanes) is 14. The van der Waals surface area contributed by atoms with E-state index in [1.165, 1.54) is 133 Å². The van der Waals surface area contributed by atoms with Gasteiger partial charge in [0.1, 0.15) is 6.04 Å². The van der Waals surface area contributed by atoms with E-state index in [1.54, 1.807) is 0 Å². The lowest BCUT2D eigenvalue weighted by Gasteiger charge is -2.22. The summed E-state index contributed by atoms with van der Waals surface area (Å²) in [7, 11) is -4.36. The van der Waals surface area contributed by atoms with Crippen LogP contribution in [0.3, 0.4) is 0 Å². The Labute approximate surface area is 285 Å². The number of carbonyl (C=O) groups excluding carboxylic acids is 2. The Morgan fingerprint density at radius 1 is 0.688 bits per heavy atom. The van der Waals surface area contributed by atoms with Crippen LogP contribution in [0.1, 0.15) is 127 Å². The molecule has 0 aliphatic rings. The minimum Gasteiger partial charge on any atom is -0.481 e. The molecule has 0 saturated carbocycles. The van der Waals surface area contributed by atoms with Crippen molar-refractivity contribution in [3.8, 4) is 0 Å². The highest BCUT2D eigenvalue weighted by Crippen LogP contribution is 2.19. The third kappa shape index (κ3) is 15.4. The fourth-order valence-corrected chi connectivity index (χ4v) is 6.58. The fraction of sp³-hybridized carbons (Fsp3) is 0.556. The number of carboxylic acids is 2. The molecule has 2 aromatic rings. The van der Waals surface area contributed by atoms with Crippen LogP contribution in [0.2, 0.25) is 0 Å². The second kappa shape index (κ2) is 22.0. The Balaban J connectivity index is 1.76. The number of aromatic carboxylic acids is 1. The molecule has 266 valence electrons. The standard InChI is InChI=1S/C36H53N3O8S/c1-3-4-5-6-7-8-9-10-11-12-13-14-15-16-17-21-32(40)37-29-22-24-31(25-23-29)48(46,47)39-33(27(2)35(42)43)34(41)38-30-20-18-19-28(26-30)36(44)45/h18-20,22-27,33,39H,3-17,21H2,1-2H3,(H,37,40)(H,38,41)(H,42,43)(H,44,45)/t27?,33-/m1/s1. The number of hydrogen-bond donors (Lipinski definition) is 5. The molecule has 0 bridgehead atoms. The van der Waals surface area contributed by atoms with Crippen LogP contribution in [-0.2, 0) is 24.4 Å². The van der Waals surface area contributed by atoms with Gasteiger partial charge in [-0.05, 0) is 55.8 Å². The van der Waals surface area contributed by atoms with Gasteiger partial charge in [0.25, 0.3) is 0 Å². The summed E-state index contributed by atoms with van der Waals surface area (Å²) in [6, 6.07) is 8.90. The predicted octanol–water partition coefficient (Wildman–Crippen LogP) is 7.59. The molecule has 2 amide bonds. The second-order valence-electron chi connectivity index (χ2n) is 12.4. The Kier molecular flexibility index (Phi) is 18.5. The van der Waals surface area contributed by atoms with E-state index in [2.05, 4.69) is 22.3 Å². The normalized spacial score (nSPS) is 12.6. The minimum absolute atomic E-state index is 0.0612. The lowest BCUT2D eigenvalue weighted by Crippen LogP contribution is -2.49. The molecular weight excluding hydrogens is 634 g/mol. The maximum Gasteiger partial charge on any atom is 0.335 e. The largest absolute Gasteiger partial charge is 0.481 e. The predicted molar refractivity (Wildman–Crippen MR) is 188 cm³/mol. The van der Waals surface area contributed by atoms with Crippen molar-refractivity contribution < 1.29 is 37.8 Å². The average Bonchev–Trinajstić information content (AvgIpc) is 3.05. The van der Waals surface area contributed by atoms with Gasteiger partial charge in [0.2, 0.25) is 21.8 Å². The second-order valence-corrected chi connectivity index (χ2v) is 14.1. The van der Waals surface area contributed by atoms with Gasteiger partial charge in [0.05, 0.1) is 16.4 Å². The molecule has 5 N–H and O–H groups in total. The zero-order valence-corrected chi connectivity index (χ0v) is 29.2. The zero-order valence-electron chi connectivity index (χ0n) is 28.3. The Morgan fingerprint density at radius 3 is 1.71 bits per heavy atom. The van der Waals surface area contributed by atoms with Gasteiger partial charge in [0.15, 0.2) is 0 Å². The maximum atomic E-state index is 13.1. The van der Waals surface area contributed by atoms with Gasteiger partial charge in [-0.3, -0.25) is 14.4 Å². The van der Waals surface area contributed by atoms with Crippen LogP contribution in [0.4, 0.5) is 11.4 Å². The number of nitrogens with one attached hydrogen (secondary N) is 3. The summed E-state index contributed by atoms with van der Waals surface area (Å²) in [5.41, 5.74) is 0.357. The number of amides is 2. The van der Waals surface area contributed by atoms with Crippen LogP contribution in [0, 0.1) is 5.92 Å². The van der Waals surface area contributed by atoms with Crippen molar-refractivity contribution in [3.63, 3.8) is 0 Å². The molecule has 0 aromatic heterocycles. The number of benzene rings is 2. The van der Waals surface area contributed by atoms with Crippen LogP contribution in [0.15, 0.2) is 53.4 Å². The van der Waals surface area contributed by atoms with Gasteiger partial charge in [-0.25, -0.2) is 13.2 Å². The van der Waals surface area contributed by atoms with Crippen molar-refractivity contribution in [2.24, 2.45) is 5.92 Å². The fourth-order valence-electron chi connectivity index (χ4n) is 5.31. The molecule has 0 spiro atoms. The molecule has 0 radical (unpaired) electrons. The molecule has 11 nitrogen and oxygen atoms in total. The number of anilines is 2. The third-order valence-corrected chi connectivity index (χ3v) is 9.74. The van der Waals surface area contributed by atoms with Gasteiger partial charge < -0.3 is 20.8 Å². The smallest absolute Gasteiger partial charge is 0.335 e. The van der Waals surface area contributed by atoms with Crippen LogP contribution in [0.5, 0.6) is 0 Å². The highest BCUT2D eigenvalue weighted by molar-refractivity contribution is 7.89. The molecule has 0 fully saturated rings. The quantitative estimate of drug-likeness (QED) is 0.0662. The van der Waals surface area contributed by atoms with Gasteiger partial charge in [0, 0.05) is 17.8 Å². The van der Waals surface area contributed by atoms with Crippen molar-refractivity contribution in [1.29, 1.82) is 0 Å². The minimum atomic E-state index is -4.36. The van der Waals surface area contributed by atoms with Gasteiger partial charge in [-0.2, -0.15) is 4.72 Å². The first-order valence-corrected chi connectivity index (χ1v) is 18.7. The molecule has 2 aromatic carbocycles. The lowest BCUT2D eigenvalue weighted by atomic mass is 10.0. The van der Waals surface area contributed by atoms with Crippen LogP contribution >= 0.6 is 0 Å². The number of carbonyl (C=O) groups is 4. The summed E-state index contributed by atoms with van der Waals surface area (Å²) >= 11 is 0. The van der Waals surface area contributed by atoms with Gasteiger partial charge >= 0.3 is 11.9 Å². The summed E-state index contributed by atoms with van der Waals surface area (Å²) in [6.45, 7) is 3.42. The monoisotopic (exact) mass is 687 g/mol. The third-order valence-electron chi connectivity index (χ3n) is 8.29. The summed E-state index contributed by atoms with van der Waals surface area (Å²) in [6.07, 6.45) is 19.0. The number of sulfonamides is 1. The highest BCUT2D eigenvalue weighted by Gasteiger charge is 2.34. The molecule has 12 heteroatoms. The molecule has 48 heavy (non-hydrogen) atoms. The Morgan fingerprint density at radius 2 is 1.21 bits per heavy atom. The summed E-state index contributed by atoms with van der Waals surface area (Å²) in [5, 5.41) is 23.9. The van der Waals surface area contributed by atoms with Crippen LogP contribution < -0.4 is 15.4 Å². The first-order chi connectivity index (χ1) is 22.9. The molecule has 0 heterocycles. The number of hydrogen-bond acceptors (Lipinski definition) is 6. The van der Waals surface area contributed by atoms with E-state index in [-0.39, 0.29) is 22.1 Å². The SMILES string of the molecule is CCCCCCCCCCCCCCCCCC(=O)Nc1ccc(S(=O)(=O)N[C@@H](C(=O)Nc2cccc(C(=O)O)c2)C(C)C(=O)O)cc1. The van der Waals surface area contributed by atoms with Crippen molar-refractivity contribution in [3.05, 3.63) is 54.1 Å². The maximum absolute atomic E-state index is 13.1.